The molecule has 3 N–H and O–H groups in total. The zero-order valence-electron chi connectivity index (χ0n) is 16.3. The van der Waals surface area contributed by atoms with Crippen LogP contribution in [0.5, 0.6) is 5.88 Å². The lowest BCUT2D eigenvalue weighted by atomic mass is 9.84. The molecule has 1 aliphatic rings. The van der Waals surface area contributed by atoms with Crippen molar-refractivity contribution < 1.29 is 4.74 Å². The van der Waals surface area contributed by atoms with Crippen LogP contribution in [0.15, 0.2) is 84.3 Å². The molecule has 0 fully saturated rings. The molecule has 0 bridgehead atoms. The monoisotopic (exact) mass is 392 g/mol. The molecule has 1 aliphatic heterocycles. The van der Waals surface area contributed by atoms with Crippen LogP contribution in [0.4, 0.5) is 0 Å². The Balaban J connectivity index is 1.58. The molecule has 5 heteroatoms. The van der Waals surface area contributed by atoms with Gasteiger partial charge in [0.15, 0.2) is 0 Å². The number of ether oxygens (including phenoxy) is 1. The number of H-pyrrole nitrogens is 1. The predicted molar refractivity (Wildman–Crippen MR) is 116 cm³/mol. The van der Waals surface area contributed by atoms with E-state index in [9.17, 15) is 5.26 Å². The van der Waals surface area contributed by atoms with Gasteiger partial charge in [0.05, 0.1) is 16.8 Å². The number of nitriles is 1. The first-order valence-corrected chi connectivity index (χ1v) is 9.93. The molecule has 1 aromatic heterocycles. The van der Waals surface area contributed by atoms with Crippen molar-refractivity contribution in [2.45, 2.75) is 18.8 Å². The largest absolute Gasteiger partial charge is 0.420 e. The summed E-state index contributed by atoms with van der Waals surface area (Å²) in [5, 5.41) is 19.6. The molecular weight excluding hydrogens is 372 g/mol. The number of nitrogens with one attached hydrogen (secondary N) is 1. The zero-order chi connectivity index (χ0) is 20.5. The second-order valence-corrected chi connectivity index (χ2v) is 7.45. The van der Waals surface area contributed by atoms with Crippen molar-refractivity contribution in [2.24, 2.45) is 5.73 Å². The van der Waals surface area contributed by atoms with E-state index in [0.717, 1.165) is 35.0 Å². The molecule has 0 amide bonds. The molecule has 0 unspecified atom stereocenters. The van der Waals surface area contributed by atoms with Gasteiger partial charge in [-0.05, 0) is 35.2 Å². The molecule has 5 nitrogen and oxygen atoms in total. The number of nitrogens with two attached hydrogens (primary N) is 1. The van der Waals surface area contributed by atoms with Gasteiger partial charge in [-0.15, -0.1) is 5.10 Å². The van der Waals surface area contributed by atoms with E-state index in [0.29, 0.717) is 11.5 Å². The molecule has 2 heterocycles. The van der Waals surface area contributed by atoms with Crippen molar-refractivity contribution in [1.29, 1.82) is 5.26 Å². The van der Waals surface area contributed by atoms with Gasteiger partial charge in [0.1, 0.15) is 6.07 Å². The van der Waals surface area contributed by atoms with Crippen molar-refractivity contribution in [2.75, 3.05) is 0 Å². The molecule has 0 saturated heterocycles. The normalized spacial score (nSPS) is 15.5. The maximum absolute atomic E-state index is 9.80. The van der Waals surface area contributed by atoms with Crippen LogP contribution >= 0.6 is 0 Å². The molecule has 0 aliphatic carbocycles. The van der Waals surface area contributed by atoms with Crippen molar-refractivity contribution >= 4 is 10.8 Å². The summed E-state index contributed by atoms with van der Waals surface area (Å²) in [4.78, 5) is 0. The fourth-order valence-electron chi connectivity index (χ4n) is 4.15. The van der Waals surface area contributed by atoms with E-state index in [2.05, 4.69) is 58.7 Å². The number of hydrogen-bond donors (Lipinski definition) is 2. The third-order valence-electron chi connectivity index (χ3n) is 5.66. The van der Waals surface area contributed by atoms with E-state index in [1.807, 2.05) is 30.3 Å². The van der Waals surface area contributed by atoms with Crippen LogP contribution < -0.4 is 10.5 Å². The Hall–Kier alpha value is -4.04. The maximum Gasteiger partial charge on any atom is 0.244 e. The van der Waals surface area contributed by atoms with Crippen LogP contribution in [-0.2, 0) is 6.42 Å². The summed E-state index contributed by atoms with van der Waals surface area (Å²) in [6, 6.07) is 27.0. The number of aryl methyl sites for hydroxylation is 1. The Labute approximate surface area is 174 Å². The molecule has 5 rings (SSSR count). The van der Waals surface area contributed by atoms with Crippen molar-refractivity contribution in [3.63, 3.8) is 0 Å². The highest BCUT2D eigenvalue weighted by Gasteiger charge is 2.34. The van der Waals surface area contributed by atoms with E-state index < -0.39 is 0 Å². The highest BCUT2D eigenvalue weighted by molar-refractivity contribution is 5.87. The molecule has 0 spiro atoms. The molecule has 0 saturated carbocycles. The summed E-state index contributed by atoms with van der Waals surface area (Å²) in [6.45, 7) is 0. The Morgan fingerprint density at radius 2 is 1.77 bits per heavy atom. The van der Waals surface area contributed by atoms with Crippen LogP contribution in [-0.4, -0.2) is 10.2 Å². The lowest BCUT2D eigenvalue weighted by Crippen LogP contribution is -2.20. The topological polar surface area (TPSA) is 87.7 Å². The molecule has 3 aromatic carbocycles. The highest BCUT2D eigenvalue weighted by Crippen LogP contribution is 2.44. The average Bonchev–Trinajstić information content (AvgIpc) is 3.21. The number of benzene rings is 3. The maximum atomic E-state index is 9.80. The number of nitrogens with zero attached hydrogens (tertiary/aromatic N) is 2. The van der Waals surface area contributed by atoms with Gasteiger partial charge in [0.25, 0.3) is 0 Å². The predicted octanol–water partition coefficient (Wildman–Crippen LogP) is 5.03. The molecule has 1 atom stereocenters. The van der Waals surface area contributed by atoms with Gasteiger partial charge >= 0.3 is 0 Å². The Morgan fingerprint density at radius 3 is 2.57 bits per heavy atom. The third-order valence-corrected chi connectivity index (χ3v) is 5.66. The number of allylic oxidation sites excluding steroid dienone is 1. The van der Waals surface area contributed by atoms with Crippen LogP contribution in [0.25, 0.3) is 22.0 Å². The number of aromatic amines is 1. The van der Waals surface area contributed by atoms with Gasteiger partial charge < -0.3 is 10.5 Å². The smallest absolute Gasteiger partial charge is 0.244 e. The van der Waals surface area contributed by atoms with Gasteiger partial charge in [-0.1, -0.05) is 66.7 Å². The number of rotatable bonds is 4. The van der Waals surface area contributed by atoms with Gasteiger partial charge in [-0.25, -0.2) is 0 Å². The Kier molecular flexibility index (Phi) is 4.45. The van der Waals surface area contributed by atoms with E-state index in [1.54, 1.807) is 0 Å². The minimum Gasteiger partial charge on any atom is -0.420 e. The summed E-state index contributed by atoms with van der Waals surface area (Å²) in [5.41, 5.74) is 10.5. The minimum atomic E-state index is -0.181. The molecule has 30 heavy (non-hydrogen) atoms. The lowest BCUT2D eigenvalue weighted by Gasteiger charge is -2.23. The van der Waals surface area contributed by atoms with E-state index in [4.69, 9.17) is 10.5 Å². The van der Waals surface area contributed by atoms with Crippen LogP contribution in [0.2, 0.25) is 0 Å². The van der Waals surface area contributed by atoms with Crippen molar-refractivity contribution in [3.05, 3.63) is 95.4 Å². The average molecular weight is 392 g/mol. The van der Waals surface area contributed by atoms with E-state index in [-0.39, 0.29) is 11.8 Å². The lowest BCUT2D eigenvalue weighted by molar-refractivity contribution is 0.371. The molecular formula is C25H20N4O. The van der Waals surface area contributed by atoms with E-state index in [1.165, 1.54) is 10.9 Å². The van der Waals surface area contributed by atoms with Gasteiger partial charge in [-0.2, -0.15) is 5.26 Å². The SMILES string of the molecule is N#CC1=C(N)Oc2n[nH]c(-c3ccc4ccccc4c3)c2[C@@H]1CCc1ccccc1. The van der Waals surface area contributed by atoms with Gasteiger partial charge in [-0.3, -0.25) is 5.10 Å². The second-order valence-electron chi connectivity index (χ2n) is 7.45. The summed E-state index contributed by atoms with van der Waals surface area (Å²) in [6.07, 6.45) is 1.57. The minimum absolute atomic E-state index is 0.139. The van der Waals surface area contributed by atoms with Gasteiger partial charge in [0, 0.05) is 11.5 Å². The second kappa shape index (κ2) is 7.41. The fraction of sp³-hybridized carbons (Fsp3) is 0.120. The van der Waals surface area contributed by atoms with Crippen LogP contribution in [0.1, 0.15) is 23.5 Å². The van der Waals surface area contributed by atoms with Crippen molar-refractivity contribution in [3.8, 4) is 23.2 Å². The molecule has 4 aromatic rings. The summed E-state index contributed by atoms with van der Waals surface area (Å²) in [5.74, 6) is 0.409. The molecule has 0 radical (unpaired) electrons. The Bertz CT molecular complexity index is 1300. The first-order valence-electron chi connectivity index (χ1n) is 9.93. The number of fused-ring (bicyclic) bond motifs is 2. The summed E-state index contributed by atoms with van der Waals surface area (Å²) >= 11 is 0. The highest BCUT2D eigenvalue weighted by atomic mass is 16.5. The zero-order valence-corrected chi connectivity index (χ0v) is 16.3. The number of hydrogen-bond acceptors (Lipinski definition) is 4. The quantitative estimate of drug-likeness (QED) is 0.510. The number of aromatic nitrogens is 2. The van der Waals surface area contributed by atoms with Crippen LogP contribution in [0, 0.1) is 11.3 Å². The van der Waals surface area contributed by atoms with Crippen LogP contribution in [0.3, 0.4) is 0 Å². The fourth-order valence-corrected chi connectivity index (χ4v) is 4.15. The molecule has 146 valence electrons. The van der Waals surface area contributed by atoms with Crippen molar-refractivity contribution in [1.82, 2.24) is 10.2 Å². The standard InChI is InChI=1S/C25H20N4O/c26-15-21-20(13-10-16-6-2-1-3-7-16)22-23(28-29-25(22)30-24(21)27)19-12-11-17-8-4-5-9-18(17)14-19/h1-9,11-12,14,20H,10,13,27H2,(H,28,29)/t20-/m1/s1. The summed E-state index contributed by atoms with van der Waals surface area (Å²) < 4.78 is 5.70. The van der Waals surface area contributed by atoms with E-state index >= 15 is 0 Å². The first kappa shape index (κ1) is 18.0. The Morgan fingerprint density at radius 1 is 1.00 bits per heavy atom. The first-order chi connectivity index (χ1) is 14.7. The summed E-state index contributed by atoms with van der Waals surface area (Å²) in [7, 11) is 0. The third kappa shape index (κ3) is 3.09. The van der Waals surface area contributed by atoms with Gasteiger partial charge in [0.2, 0.25) is 11.8 Å².